The predicted octanol–water partition coefficient (Wildman–Crippen LogP) is 2.51. The highest BCUT2D eigenvalue weighted by atomic mass is 35.5. The Bertz CT molecular complexity index is 681. The van der Waals surface area contributed by atoms with E-state index in [-0.39, 0.29) is 42.7 Å². The third-order valence-corrected chi connectivity index (χ3v) is 5.23. The monoisotopic (exact) mass is 411 g/mol. The summed E-state index contributed by atoms with van der Waals surface area (Å²) < 4.78 is 0. The highest BCUT2D eigenvalue weighted by molar-refractivity contribution is 5.97. The number of likely N-dealkylation sites (N-methyl/N-ethyl adjacent to an activating group) is 1. The Labute approximate surface area is 172 Å². The molecule has 1 aliphatic rings. The molecule has 156 valence electrons. The van der Waals surface area contributed by atoms with E-state index in [4.69, 9.17) is 5.11 Å². The number of Topliss-reactive ketones (excluding diaryl/α,β-unsaturated/α-hetero) is 1. The van der Waals surface area contributed by atoms with Gasteiger partial charge >= 0.3 is 5.97 Å². The molecule has 1 amide bonds. The normalized spacial score (nSPS) is 18.6. The second kappa shape index (κ2) is 11.1. The van der Waals surface area contributed by atoms with Crippen LogP contribution in [-0.4, -0.2) is 71.3 Å². The lowest BCUT2D eigenvalue weighted by Gasteiger charge is -2.28. The van der Waals surface area contributed by atoms with E-state index in [1.165, 1.54) is 6.92 Å². The van der Waals surface area contributed by atoms with Crippen molar-refractivity contribution in [2.75, 3.05) is 32.0 Å². The molecule has 1 heterocycles. The average molecular weight is 412 g/mol. The van der Waals surface area contributed by atoms with E-state index >= 15 is 0 Å². The van der Waals surface area contributed by atoms with E-state index in [2.05, 4.69) is 10.2 Å². The van der Waals surface area contributed by atoms with E-state index in [1.54, 1.807) is 24.3 Å². The number of aliphatic carboxylic acids is 1. The van der Waals surface area contributed by atoms with Gasteiger partial charge in [0.25, 0.3) is 0 Å². The Kier molecular flexibility index (Phi) is 9.58. The van der Waals surface area contributed by atoms with Crippen molar-refractivity contribution in [1.29, 1.82) is 0 Å². The SMILES string of the molecule is CC(=O)c1ccc(NC(=O)C(C)N2CCCC(N(C)CC(=O)O)CC2)cc1.Cl. The number of benzene rings is 1. The maximum absolute atomic E-state index is 12.6. The number of halogens is 1. The fourth-order valence-corrected chi connectivity index (χ4v) is 3.47. The molecule has 0 bridgehead atoms. The van der Waals surface area contributed by atoms with Gasteiger partial charge in [0.2, 0.25) is 5.91 Å². The van der Waals surface area contributed by atoms with Crippen molar-refractivity contribution in [3.8, 4) is 0 Å². The van der Waals surface area contributed by atoms with E-state index in [0.717, 1.165) is 32.4 Å². The van der Waals surface area contributed by atoms with Crippen molar-refractivity contribution in [1.82, 2.24) is 9.80 Å². The standard InChI is InChI=1S/C20H29N3O4.ClH/c1-14(20(27)21-17-8-6-16(7-9-17)15(2)24)23-11-4-5-18(10-12-23)22(3)13-19(25)26;/h6-9,14,18H,4-5,10-13H2,1-3H3,(H,21,27)(H,25,26);1H. The molecule has 0 saturated carbocycles. The second-order valence-corrected chi connectivity index (χ2v) is 7.23. The maximum atomic E-state index is 12.6. The number of hydrogen-bond donors (Lipinski definition) is 2. The Morgan fingerprint density at radius 1 is 1.21 bits per heavy atom. The van der Waals surface area contributed by atoms with Crippen LogP contribution in [0.2, 0.25) is 0 Å². The highest BCUT2D eigenvalue weighted by Crippen LogP contribution is 2.18. The van der Waals surface area contributed by atoms with E-state index in [1.807, 2.05) is 18.9 Å². The lowest BCUT2D eigenvalue weighted by molar-refractivity contribution is -0.138. The Morgan fingerprint density at radius 3 is 2.43 bits per heavy atom. The van der Waals surface area contributed by atoms with Crippen LogP contribution < -0.4 is 5.32 Å². The van der Waals surface area contributed by atoms with Gasteiger partial charge in [-0.25, -0.2) is 0 Å². The highest BCUT2D eigenvalue weighted by Gasteiger charge is 2.27. The first-order valence-electron chi connectivity index (χ1n) is 9.36. The molecular formula is C20H30ClN3O4. The molecule has 2 N–H and O–H groups in total. The number of rotatable bonds is 7. The van der Waals surface area contributed by atoms with Crippen LogP contribution in [0.1, 0.15) is 43.5 Å². The summed E-state index contributed by atoms with van der Waals surface area (Å²) in [5.41, 5.74) is 1.29. The molecule has 2 rings (SSSR count). The van der Waals surface area contributed by atoms with Gasteiger partial charge in [-0.15, -0.1) is 12.4 Å². The molecule has 2 unspecified atom stereocenters. The zero-order valence-electron chi connectivity index (χ0n) is 16.7. The molecule has 0 aliphatic carbocycles. The Balaban J connectivity index is 0.00000392. The molecule has 8 heteroatoms. The van der Waals surface area contributed by atoms with Gasteiger partial charge in [-0.05, 0) is 71.0 Å². The maximum Gasteiger partial charge on any atom is 0.317 e. The molecule has 1 fully saturated rings. The molecule has 1 saturated heterocycles. The topological polar surface area (TPSA) is 90.0 Å². The summed E-state index contributed by atoms with van der Waals surface area (Å²) in [5.74, 6) is -0.904. The summed E-state index contributed by atoms with van der Waals surface area (Å²) >= 11 is 0. The molecule has 1 aromatic carbocycles. The van der Waals surface area contributed by atoms with Gasteiger partial charge < -0.3 is 10.4 Å². The second-order valence-electron chi connectivity index (χ2n) is 7.23. The number of amides is 1. The van der Waals surface area contributed by atoms with Crippen LogP contribution in [0.3, 0.4) is 0 Å². The van der Waals surface area contributed by atoms with Crippen LogP contribution in [0, 0.1) is 0 Å². The van der Waals surface area contributed by atoms with Gasteiger partial charge in [-0.1, -0.05) is 0 Å². The average Bonchev–Trinajstić information content (AvgIpc) is 2.87. The lowest BCUT2D eigenvalue weighted by Crippen LogP contribution is -2.43. The number of carboxylic acid groups (broad SMARTS) is 1. The molecule has 0 radical (unpaired) electrons. The van der Waals surface area contributed by atoms with Gasteiger partial charge in [0, 0.05) is 23.8 Å². The zero-order chi connectivity index (χ0) is 20.0. The number of carboxylic acids is 1. The van der Waals surface area contributed by atoms with Crippen LogP contribution in [0.25, 0.3) is 0 Å². The molecule has 7 nitrogen and oxygen atoms in total. The third kappa shape index (κ3) is 6.89. The summed E-state index contributed by atoms with van der Waals surface area (Å²) in [6.45, 7) is 5.01. The predicted molar refractivity (Wildman–Crippen MR) is 111 cm³/mol. The molecule has 0 aromatic heterocycles. The molecule has 28 heavy (non-hydrogen) atoms. The fourth-order valence-electron chi connectivity index (χ4n) is 3.47. The van der Waals surface area contributed by atoms with E-state index in [0.29, 0.717) is 11.3 Å². The summed E-state index contributed by atoms with van der Waals surface area (Å²) in [6.07, 6.45) is 2.70. The van der Waals surface area contributed by atoms with Crippen LogP contribution >= 0.6 is 12.4 Å². The molecular weight excluding hydrogens is 382 g/mol. The molecule has 1 aliphatic heterocycles. The fraction of sp³-hybridized carbons (Fsp3) is 0.550. The van der Waals surface area contributed by atoms with Gasteiger partial charge in [-0.3, -0.25) is 24.2 Å². The molecule has 2 atom stereocenters. The minimum Gasteiger partial charge on any atom is -0.480 e. The first kappa shape index (κ1) is 24.1. The van der Waals surface area contributed by atoms with E-state index < -0.39 is 5.97 Å². The van der Waals surface area contributed by atoms with Gasteiger partial charge in [-0.2, -0.15) is 0 Å². The molecule has 1 aromatic rings. The van der Waals surface area contributed by atoms with Crippen molar-refractivity contribution in [3.63, 3.8) is 0 Å². The van der Waals surface area contributed by atoms with Crippen molar-refractivity contribution >= 4 is 35.8 Å². The quantitative estimate of drug-likeness (QED) is 0.670. The van der Waals surface area contributed by atoms with Crippen LogP contribution in [0.15, 0.2) is 24.3 Å². The van der Waals surface area contributed by atoms with Crippen molar-refractivity contribution in [2.24, 2.45) is 0 Å². The van der Waals surface area contributed by atoms with Crippen molar-refractivity contribution < 1.29 is 19.5 Å². The third-order valence-electron chi connectivity index (χ3n) is 5.23. The van der Waals surface area contributed by atoms with Crippen molar-refractivity contribution in [3.05, 3.63) is 29.8 Å². The van der Waals surface area contributed by atoms with Crippen LogP contribution in [0.4, 0.5) is 5.69 Å². The van der Waals surface area contributed by atoms with Crippen LogP contribution in [0.5, 0.6) is 0 Å². The number of carbonyl (C=O) groups excluding carboxylic acids is 2. The minimum atomic E-state index is -0.817. The van der Waals surface area contributed by atoms with E-state index in [9.17, 15) is 14.4 Å². The van der Waals surface area contributed by atoms with Gasteiger partial charge in [0.15, 0.2) is 5.78 Å². The zero-order valence-corrected chi connectivity index (χ0v) is 17.5. The first-order chi connectivity index (χ1) is 12.8. The summed E-state index contributed by atoms with van der Waals surface area (Å²) in [4.78, 5) is 38.9. The molecule has 0 spiro atoms. The summed E-state index contributed by atoms with van der Waals surface area (Å²) in [5, 5.41) is 11.9. The number of ketones is 1. The number of anilines is 1. The van der Waals surface area contributed by atoms with Gasteiger partial charge in [0.05, 0.1) is 12.6 Å². The van der Waals surface area contributed by atoms with Crippen LogP contribution in [-0.2, 0) is 9.59 Å². The summed E-state index contributed by atoms with van der Waals surface area (Å²) in [7, 11) is 1.84. The number of nitrogens with zero attached hydrogens (tertiary/aromatic N) is 2. The summed E-state index contributed by atoms with van der Waals surface area (Å²) in [6, 6.07) is 6.83. The number of likely N-dealkylation sites (tertiary alicyclic amines) is 1. The van der Waals surface area contributed by atoms with Crippen molar-refractivity contribution in [2.45, 2.75) is 45.2 Å². The first-order valence-corrected chi connectivity index (χ1v) is 9.36. The largest absolute Gasteiger partial charge is 0.480 e. The Morgan fingerprint density at radius 2 is 1.86 bits per heavy atom. The number of nitrogens with one attached hydrogen (secondary N) is 1. The smallest absolute Gasteiger partial charge is 0.317 e. The lowest BCUT2D eigenvalue weighted by atomic mass is 10.1. The number of carbonyl (C=O) groups is 3. The Hall–Kier alpha value is -1.96. The number of hydrogen-bond acceptors (Lipinski definition) is 5. The minimum absolute atomic E-state index is 0. The van der Waals surface area contributed by atoms with Gasteiger partial charge in [0.1, 0.15) is 0 Å².